The summed E-state index contributed by atoms with van der Waals surface area (Å²) in [6.45, 7) is 2.04. The lowest BCUT2D eigenvalue weighted by Crippen LogP contribution is -2.26. The Labute approximate surface area is 106 Å². The van der Waals surface area contributed by atoms with E-state index in [1.54, 1.807) is 0 Å². The number of anilines is 2. The van der Waals surface area contributed by atoms with Crippen molar-refractivity contribution in [1.29, 1.82) is 0 Å². The quantitative estimate of drug-likeness (QED) is 0.559. The van der Waals surface area contributed by atoms with E-state index >= 15 is 0 Å². The average molecular weight is 253 g/mol. The van der Waals surface area contributed by atoms with Gasteiger partial charge in [-0.2, -0.15) is 11.8 Å². The fraction of sp³-hybridized carbons (Fsp3) is 0.636. The molecule has 2 heterocycles. The second-order valence-corrected chi connectivity index (χ2v) is 5.26. The standard InChI is InChI=1S/C11H19N5S/c1-2-9-14-10(6-11(15-9)16-12)13-8-4-3-5-17-7-8/h6,8H,2-5,7,12H2,1H3,(H2,13,14,15,16). The van der Waals surface area contributed by atoms with E-state index < -0.39 is 0 Å². The Bertz CT molecular complexity index is 343. The molecule has 5 nitrogen and oxygen atoms in total. The first-order valence-corrected chi connectivity index (χ1v) is 7.16. The fourth-order valence-corrected chi connectivity index (χ4v) is 2.94. The number of nitrogens with zero attached hydrogens (tertiary/aromatic N) is 2. The van der Waals surface area contributed by atoms with Crippen LogP contribution in [0.3, 0.4) is 0 Å². The normalized spacial score (nSPS) is 20.0. The van der Waals surface area contributed by atoms with Gasteiger partial charge in [0.1, 0.15) is 17.5 Å². The Kier molecular flexibility index (Phi) is 4.44. The second kappa shape index (κ2) is 6.07. The largest absolute Gasteiger partial charge is 0.366 e. The first kappa shape index (κ1) is 12.4. The molecule has 1 aromatic rings. The molecule has 0 saturated carbocycles. The van der Waals surface area contributed by atoms with Crippen molar-refractivity contribution in [3.63, 3.8) is 0 Å². The maximum Gasteiger partial charge on any atom is 0.145 e. The Morgan fingerprint density at radius 1 is 1.47 bits per heavy atom. The highest BCUT2D eigenvalue weighted by Gasteiger charge is 2.14. The average Bonchev–Trinajstić information content (AvgIpc) is 2.39. The van der Waals surface area contributed by atoms with E-state index in [0.29, 0.717) is 11.9 Å². The number of nitrogens with one attached hydrogen (secondary N) is 2. The van der Waals surface area contributed by atoms with Crippen LogP contribution in [0.1, 0.15) is 25.6 Å². The van der Waals surface area contributed by atoms with Gasteiger partial charge in [0.2, 0.25) is 0 Å². The maximum absolute atomic E-state index is 5.40. The van der Waals surface area contributed by atoms with Gasteiger partial charge in [-0.15, -0.1) is 0 Å². The van der Waals surface area contributed by atoms with Gasteiger partial charge in [0, 0.05) is 24.3 Å². The SMILES string of the molecule is CCc1nc(NN)cc(NC2CCCSC2)n1. The summed E-state index contributed by atoms with van der Waals surface area (Å²) in [5, 5.41) is 3.46. The monoisotopic (exact) mass is 253 g/mol. The molecule has 2 rings (SSSR count). The second-order valence-electron chi connectivity index (χ2n) is 4.11. The minimum absolute atomic E-state index is 0.513. The van der Waals surface area contributed by atoms with E-state index in [1.807, 2.05) is 24.8 Å². The van der Waals surface area contributed by atoms with Gasteiger partial charge in [-0.1, -0.05) is 6.92 Å². The molecule has 1 aromatic heterocycles. The lowest BCUT2D eigenvalue weighted by atomic mass is 10.2. The molecule has 1 unspecified atom stereocenters. The van der Waals surface area contributed by atoms with Crippen LogP contribution >= 0.6 is 11.8 Å². The summed E-state index contributed by atoms with van der Waals surface area (Å²) in [5.74, 6) is 10.2. The third-order valence-corrected chi connectivity index (χ3v) is 3.96. The lowest BCUT2D eigenvalue weighted by molar-refractivity contribution is 0.681. The Hall–Kier alpha value is -1.01. The van der Waals surface area contributed by atoms with Crippen molar-refractivity contribution in [1.82, 2.24) is 9.97 Å². The molecule has 1 aliphatic rings. The van der Waals surface area contributed by atoms with Gasteiger partial charge in [0.15, 0.2) is 0 Å². The summed E-state index contributed by atoms with van der Waals surface area (Å²) < 4.78 is 0. The van der Waals surface area contributed by atoms with E-state index in [-0.39, 0.29) is 0 Å². The molecule has 4 N–H and O–H groups in total. The van der Waals surface area contributed by atoms with Crippen molar-refractivity contribution in [2.75, 3.05) is 22.2 Å². The van der Waals surface area contributed by atoms with Crippen LogP contribution in [0.4, 0.5) is 11.6 Å². The van der Waals surface area contributed by atoms with E-state index in [9.17, 15) is 0 Å². The van der Waals surface area contributed by atoms with Gasteiger partial charge in [-0.05, 0) is 18.6 Å². The van der Waals surface area contributed by atoms with Gasteiger partial charge in [0.25, 0.3) is 0 Å². The summed E-state index contributed by atoms with van der Waals surface area (Å²) in [6.07, 6.45) is 3.30. The molecule has 1 saturated heterocycles. The van der Waals surface area contributed by atoms with E-state index in [4.69, 9.17) is 5.84 Å². The number of hydrogen-bond donors (Lipinski definition) is 3. The molecule has 1 aliphatic heterocycles. The zero-order chi connectivity index (χ0) is 12.1. The van der Waals surface area contributed by atoms with Crippen LogP contribution in [-0.4, -0.2) is 27.5 Å². The van der Waals surface area contributed by atoms with Crippen molar-refractivity contribution < 1.29 is 0 Å². The molecule has 0 aromatic carbocycles. The number of thioether (sulfide) groups is 1. The highest BCUT2D eigenvalue weighted by Crippen LogP contribution is 2.21. The summed E-state index contributed by atoms with van der Waals surface area (Å²) in [5.41, 5.74) is 2.58. The minimum atomic E-state index is 0.513. The fourth-order valence-electron chi connectivity index (χ4n) is 1.87. The lowest BCUT2D eigenvalue weighted by Gasteiger charge is -2.23. The Morgan fingerprint density at radius 2 is 2.29 bits per heavy atom. The molecule has 0 bridgehead atoms. The third-order valence-electron chi connectivity index (χ3n) is 2.75. The first-order chi connectivity index (χ1) is 8.31. The minimum Gasteiger partial charge on any atom is -0.366 e. The van der Waals surface area contributed by atoms with Crippen LogP contribution in [-0.2, 0) is 6.42 Å². The van der Waals surface area contributed by atoms with Gasteiger partial charge in [-0.25, -0.2) is 15.8 Å². The van der Waals surface area contributed by atoms with Gasteiger partial charge >= 0.3 is 0 Å². The first-order valence-electron chi connectivity index (χ1n) is 6.00. The molecule has 0 amide bonds. The Morgan fingerprint density at radius 3 is 2.94 bits per heavy atom. The summed E-state index contributed by atoms with van der Waals surface area (Å²) in [4.78, 5) is 8.74. The molecule has 0 aliphatic carbocycles. The van der Waals surface area contributed by atoms with Crippen LogP contribution in [0.15, 0.2) is 6.07 Å². The molecule has 1 fully saturated rings. The molecule has 17 heavy (non-hydrogen) atoms. The smallest absolute Gasteiger partial charge is 0.145 e. The van der Waals surface area contributed by atoms with Crippen LogP contribution in [0.2, 0.25) is 0 Å². The Balaban J connectivity index is 2.07. The topological polar surface area (TPSA) is 75.9 Å². The van der Waals surface area contributed by atoms with Crippen molar-refractivity contribution in [3.8, 4) is 0 Å². The predicted molar refractivity (Wildman–Crippen MR) is 73.2 cm³/mol. The van der Waals surface area contributed by atoms with Crippen LogP contribution in [0.25, 0.3) is 0 Å². The van der Waals surface area contributed by atoms with Crippen molar-refractivity contribution in [2.45, 2.75) is 32.2 Å². The molecular formula is C11H19N5S. The maximum atomic E-state index is 5.40. The van der Waals surface area contributed by atoms with Crippen LogP contribution in [0, 0.1) is 0 Å². The molecule has 1 atom stereocenters. The summed E-state index contributed by atoms with van der Waals surface area (Å²) in [7, 11) is 0. The molecule has 6 heteroatoms. The number of aryl methyl sites for hydroxylation is 1. The van der Waals surface area contributed by atoms with Gasteiger partial charge < -0.3 is 10.7 Å². The van der Waals surface area contributed by atoms with Gasteiger partial charge in [0.05, 0.1) is 0 Å². The number of hydrogen-bond acceptors (Lipinski definition) is 6. The highest BCUT2D eigenvalue weighted by atomic mass is 32.2. The molecule has 94 valence electrons. The van der Waals surface area contributed by atoms with E-state index in [1.165, 1.54) is 18.6 Å². The van der Waals surface area contributed by atoms with E-state index in [0.717, 1.165) is 23.8 Å². The third kappa shape index (κ3) is 3.47. The molecule has 0 spiro atoms. The van der Waals surface area contributed by atoms with Gasteiger partial charge in [-0.3, -0.25) is 0 Å². The van der Waals surface area contributed by atoms with Crippen molar-refractivity contribution in [2.24, 2.45) is 5.84 Å². The number of aromatic nitrogens is 2. The van der Waals surface area contributed by atoms with Crippen LogP contribution < -0.4 is 16.6 Å². The zero-order valence-corrected chi connectivity index (χ0v) is 10.9. The summed E-state index contributed by atoms with van der Waals surface area (Å²) >= 11 is 2.00. The van der Waals surface area contributed by atoms with Crippen molar-refractivity contribution in [3.05, 3.63) is 11.9 Å². The predicted octanol–water partition coefficient (Wildman–Crippen LogP) is 1.63. The molecular weight excluding hydrogens is 234 g/mol. The summed E-state index contributed by atoms with van der Waals surface area (Å²) in [6, 6.07) is 2.37. The number of nitrogens with two attached hydrogens (primary N) is 1. The number of rotatable bonds is 4. The zero-order valence-electron chi connectivity index (χ0n) is 10.1. The number of hydrazine groups is 1. The molecule has 0 radical (unpaired) electrons. The van der Waals surface area contributed by atoms with Crippen molar-refractivity contribution >= 4 is 23.4 Å². The highest BCUT2D eigenvalue weighted by molar-refractivity contribution is 7.99. The number of nitrogen functional groups attached to an aromatic ring is 1. The van der Waals surface area contributed by atoms with Crippen LogP contribution in [0.5, 0.6) is 0 Å². The van der Waals surface area contributed by atoms with E-state index in [2.05, 4.69) is 20.7 Å².